The molecule has 0 radical (unpaired) electrons. The zero-order valence-electron chi connectivity index (χ0n) is 14.2. The Morgan fingerprint density at radius 2 is 2.10 bits per heavy atom. The van der Waals surface area contributed by atoms with Gasteiger partial charge in [0.25, 0.3) is 0 Å². The molecule has 1 atom stereocenters. The maximum absolute atomic E-state index is 5.54. The van der Waals surface area contributed by atoms with Gasteiger partial charge in [-0.3, -0.25) is 4.90 Å². The average Bonchev–Trinajstić information content (AvgIpc) is 2.81. The molecule has 1 heterocycles. The van der Waals surface area contributed by atoms with E-state index in [1.807, 2.05) is 0 Å². The maximum Gasteiger partial charge on any atom is 0.123 e. The largest absolute Gasteiger partial charge is 0.496 e. The standard InChI is InChI=1S/C18H30N2O/c1-14-7-6-10-20(14)13-16-11-15(8-9-17(16)21-5)12-19-18(2,3)4/h8-9,11,14,19H,6-7,10,12-13H2,1-5H3. The molecule has 1 saturated heterocycles. The molecule has 0 amide bonds. The van der Waals surface area contributed by atoms with Crippen LogP contribution in [0, 0.1) is 0 Å². The summed E-state index contributed by atoms with van der Waals surface area (Å²) < 4.78 is 5.54. The van der Waals surface area contributed by atoms with Crippen LogP contribution in [0.4, 0.5) is 0 Å². The van der Waals surface area contributed by atoms with Crippen molar-refractivity contribution in [2.24, 2.45) is 0 Å². The molecule has 1 aromatic rings. The highest BCUT2D eigenvalue weighted by Crippen LogP contribution is 2.26. The molecule has 1 fully saturated rings. The van der Waals surface area contributed by atoms with E-state index in [4.69, 9.17) is 4.74 Å². The third-order valence-electron chi connectivity index (χ3n) is 4.23. The van der Waals surface area contributed by atoms with E-state index in [9.17, 15) is 0 Å². The molecule has 1 aliphatic rings. The summed E-state index contributed by atoms with van der Waals surface area (Å²) in [5, 5.41) is 3.55. The third-order valence-corrected chi connectivity index (χ3v) is 4.23. The van der Waals surface area contributed by atoms with Gasteiger partial charge in [-0.2, -0.15) is 0 Å². The fraction of sp³-hybridized carbons (Fsp3) is 0.667. The van der Waals surface area contributed by atoms with Crippen LogP contribution in [0.1, 0.15) is 51.7 Å². The van der Waals surface area contributed by atoms with Gasteiger partial charge in [0.2, 0.25) is 0 Å². The van der Waals surface area contributed by atoms with Crippen molar-refractivity contribution < 1.29 is 4.74 Å². The lowest BCUT2D eigenvalue weighted by Gasteiger charge is -2.24. The Labute approximate surface area is 129 Å². The lowest BCUT2D eigenvalue weighted by atomic mass is 10.1. The van der Waals surface area contributed by atoms with Gasteiger partial charge in [0.1, 0.15) is 5.75 Å². The number of hydrogen-bond acceptors (Lipinski definition) is 3. The minimum atomic E-state index is 0.142. The zero-order valence-corrected chi connectivity index (χ0v) is 14.2. The molecule has 0 saturated carbocycles. The second-order valence-electron chi connectivity index (χ2n) is 7.21. The van der Waals surface area contributed by atoms with Gasteiger partial charge in [0.05, 0.1) is 7.11 Å². The van der Waals surface area contributed by atoms with Crippen molar-refractivity contribution in [2.45, 2.75) is 65.2 Å². The molecule has 118 valence electrons. The first kappa shape index (κ1) is 16.3. The summed E-state index contributed by atoms with van der Waals surface area (Å²) in [7, 11) is 1.76. The van der Waals surface area contributed by atoms with E-state index in [0.29, 0.717) is 6.04 Å². The molecule has 21 heavy (non-hydrogen) atoms. The molecule has 0 aliphatic carbocycles. The summed E-state index contributed by atoms with van der Waals surface area (Å²) in [6.45, 7) is 12.0. The predicted octanol–water partition coefficient (Wildman–Crippen LogP) is 3.57. The highest BCUT2D eigenvalue weighted by molar-refractivity contribution is 5.37. The zero-order chi connectivity index (χ0) is 15.5. The Bertz CT molecular complexity index is 465. The van der Waals surface area contributed by atoms with Crippen molar-refractivity contribution in [3.63, 3.8) is 0 Å². The number of nitrogens with zero attached hydrogens (tertiary/aromatic N) is 1. The van der Waals surface area contributed by atoms with Crippen molar-refractivity contribution in [1.29, 1.82) is 0 Å². The number of nitrogens with one attached hydrogen (secondary N) is 1. The van der Waals surface area contributed by atoms with Gasteiger partial charge in [-0.15, -0.1) is 0 Å². The number of ether oxygens (including phenoxy) is 1. The highest BCUT2D eigenvalue weighted by atomic mass is 16.5. The smallest absolute Gasteiger partial charge is 0.123 e. The Hall–Kier alpha value is -1.06. The van der Waals surface area contributed by atoms with E-state index in [2.05, 4.69) is 56.1 Å². The second kappa shape index (κ2) is 6.80. The first-order chi connectivity index (χ1) is 9.89. The fourth-order valence-corrected chi connectivity index (χ4v) is 2.88. The van der Waals surface area contributed by atoms with E-state index in [0.717, 1.165) is 18.8 Å². The lowest BCUT2D eigenvalue weighted by molar-refractivity contribution is 0.256. The van der Waals surface area contributed by atoms with Crippen LogP contribution in [0.25, 0.3) is 0 Å². The lowest BCUT2D eigenvalue weighted by Crippen LogP contribution is -2.35. The fourth-order valence-electron chi connectivity index (χ4n) is 2.88. The van der Waals surface area contributed by atoms with E-state index in [-0.39, 0.29) is 5.54 Å². The Morgan fingerprint density at radius 3 is 2.67 bits per heavy atom. The molecular weight excluding hydrogens is 260 g/mol. The number of likely N-dealkylation sites (tertiary alicyclic amines) is 1. The predicted molar refractivity (Wildman–Crippen MR) is 88.7 cm³/mol. The Morgan fingerprint density at radius 1 is 1.33 bits per heavy atom. The van der Waals surface area contributed by atoms with Crippen molar-refractivity contribution in [3.8, 4) is 5.75 Å². The molecule has 1 aliphatic heterocycles. The molecule has 1 aromatic carbocycles. The maximum atomic E-state index is 5.54. The number of hydrogen-bond donors (Lipinski definition) is 1. The normalized spacial score (nSPS) is 20.0. The molecule has 3 nitrogen and oxygen atoms in total. The Kier molecular flexibility index (Phi) is 5.28. The van der Waals surface area contributed by atoms with E-state index >= 15 is 0 Å². The van der Waals surface area contributed by atoms with Crippen molar-refractivity contribution in [3.05, 3.63) is 29.3 Å². The molecule has 0 bridgehead atoms. The van der Waals surface area contributed by atoms with Crippen LogP contribution in [0.2, 0.25) is 0 Å². The molecular formula is C18H30N2O. The van der Waals surface area contributed by atoms with E-state index < -0.39 is 0 Å². The van der Waals surface area contributed by atoms with Crippen molar-refractivity contribution in [1.82, 2.24) is 10.2 Å². The summed E-state index contributed by atoms with van der Waals surface area (Å²) in [6, 6.07) is 7.25. The van der Waals surface area contributed by atoms with Gasteiger partial charge in [0, 0.05) is 30.2 Å². The number of rotatable bonds is 5. The van der Waals surface area contributed by atoms with E-state index in [1.165, 1.54) is 30.5 Å². The summed E-state index contributed by atoms with van der Waals surface area (Å²) in [4.78, 5) is 2.55. The van der Waals surface area contributed by atoms with Crippen LogP contribution in [-0.2, 0) is 13.1 Å². The topological polar surface area (TPSA) is 24.5 Å². The van der Waals surface area contributed by atoms with Crippen LogP contribution in [0.5, 0.6) is 5.75 Å². The highest BCUT2D eigenvalue weighted by Gasteiger charge is 2.21. The molecule has 0 aromatic heterocycles. The average molecular weight is 290 g/mol. The SMILES string of the molecule is COc1ccc(CNC(C)(C)C)cc1CN1CCCC1C. The van der Waals surface area contributed by atoms with Crippen molar-refractivity contribution in [2.75, 3.05) is 13.7 Å². The van der Waals surface area contributed by atoms with Crippen LogP contribution < -0.4 is 10.1 Å². The monoisotopic (exact) mass is 290 g/mol. The molecule has 0 spiro atoms. The van der Waals surface area contributed by atoms with Crippen LogP contribution in [-0.4, -0.2) is 30.1 Å². The summed E-state index contributed by atoms with van der Waals surface area (Å²) >= 11 is 0. The van der Waals surface area contributed by atoms with Gasteiger partial charge in [-0.25, -0.2) is 0 Å². The van der Waals surface area contributed by atoms with Gasteiger partial charge in [-0.05, 0) is 64.8 Å². The van der Waals surface area contributed by atoms with Gasteiger partial charge < -0.3 is 10.1 Å². The van der Waals surface area contributed by atoms with E-state index in [1.54, 1.807) is 7.11 Å². The Balaban J connectivity index is 2.10. The van der Waals surface area contributed by atoms with Gasteiger partial charge in [0.15, 0.2) is 0 Å². The number of benzene rings is 1. The number of methoxy groups -OCH3 is 1. The van der Waals surface area contributed by atoms with Gasteiger partial charge in [-0.1, -0.05) is 6.07 Å². The minimum absolute atomic E-state index is 0.142. The van der Waals surface area contributed by atoms with Crippen molar-refractivity contribution >= 4 is 0 Å². The first-order valence-corrected chi connectivity index (χ1v) is 8.04. The van der Waals surface area contributed by atoms with Crippen LogP contribution in [0.15, 0.2) is 18.2 Å². The van der Waals surface area contributed by atoms with Crippen LogP contribution >= 0.6 is 0 Å². The summed E-state index contributed by atoms with van der Waals surface area (Å²) in [5.41, 5.74) is 2.77. The summed E-state index contributed by atoms with van der Waals surface area (Å²) in [6.07, 6.45) is 2.63. The molecule has 3 heteroatoms. The second-order valence-corrected chi connectivity index (χ2v) is 7.21. The first-order valence-electron chi connectivity index (χ1n) is 8.04. The molecule has 1 N–H and O–H groups in total. The quantitative estimate of drug-likeness (QED) is 0.897. The third kappa shape index (κ3) is 4.72. The van der Waals surface area contributed by atoms with Crippen LogP contribution in [0.3, 0.4) is 0 Å². The minimum Gasteiger partial charge on any atom is -0.496 e. The van der Waals surface area contributed by atoms with Gasteiger partial charge >= 0.3 is 0 Å². The summed E-state index contributed by atoms with van der Waals surface area (Å²) in [5.74, 6) is 1.01. The molecule has 2 rings (SSSR count). The molecule has 1 unspecified atom stereocenters.